The summed E-state index contributed by atoms with van der Waals surface area (Å²) in [4.78, 5) is 28.9. The minimum atomic E-state index is -0.287. The minimum absolute atomic E-state index is 0.218. The molecule has 0 spiro atoms. The molecule has 0 N–H and O–H groups in total. The van der Waals surface area contributed by atoms with Crippen LogP contribution in [-0.4, -0.2) is 24.7 Å². The molecule has 3 aliphatic rings. The zero-order valence-electron chi connectivity index (χ0n) is 23.0. The lowest BCUT2D eigenvalue weighted by atomic mass is 9.89. The number of Topliss-reactive ketones (excluding diaryl/α,β-unsaturated/α-hetero) is 2. The van der Waals surface area contributed by atoms with E-state index in [0.29, 0.717) is 22.5 Å². The van der Waals surface area contributed by atoms with Crippen molar-refractivity contribution in [3.05, 3.63) is 106 Å². The van der Waals surface area contributed by atoms with Gasteiger partial charge in [-0.05, 0) is 59.9 Å². The first-order chi connectivity index (χ1) is 18.3. The Morgan fingerprint density at radius 2 is 1.66 bits per heavy atom. The third kappa shape index (κ3) is 5.18. The predicted molar refractivity (Wildman–Crippen MR) is 154 cm³/mol. The fraction of sp³-hybridized carbons (Fsp3) is 0.353. The van der Waals surface area contributed by atoms with Crippen molar-refractivity contribution in [2.75, 3.05) is 18.0 Å². The van der Waals surface area contributed by atoms with E-state index in [9.17, 15) is 9.59 Å². The molecule has 2 aromatic rings. The molecular formula is C34H37NO3. The highest BCUT2D eigenvalue weighted by atomic mass is 16.5. The highest BCUT2D eigenvalue weighted by Gasteiger charge is 2.36. The SMILES string of the molecule is CCCCCCN1CCc2cc(/C=C/C3=CC(=C4C(=O)c5ccccc5C4=O)C=C(C(C)(C)C)O3)ccc21. The number of fused-ring (bicyclic) bond motifs is 2. The van der Waals surface area contributed by atoms with Gasteiger partial charge in [0.05, 0.1) is 5.57 Å². The van der Waals surface area contributed by atoms with Crippen LogP contribution in [0, 0.1) is 5.41 Å². The van der Waals surface area contributed by atoms with Crippen LogP contribution >= 0.6 is 0 Å². The molecule has 2 heterocycles. The van der Waals surface area contributed by atoms with E-state index in [2.05, 4.69) is 56.9 Å². The summed E-state index contributed by atoms with van der Waals surface area (Å²) in [5, 5.41) is 0. The van der Waals surface area contributed by atoms with E-state index in [1.807, 2.05) is 18.2 Å². The summed E-state index contributed by atoms with van der Waals surface area (Å²) in [5.41, 5.74) is 5.35. The molecule has 5 rings (SSSR count). The Kier molecular flexibility index (Phi) is 7.25. The number of hydrogen-bond donors (Lipinski definition) is 0. The molecular weight excluding hydrogens is 470 g/mol. The fourth-order valence-corrected chi connectivity index (χ4v) is 5.37. The Bertz CT molecular complexity index is 1360. The summed E-state index contributed by atoms with van der Waals surface area (Å²) in [5.74, 6) is 0.912. The molecule has 4 nitrogen and oxygen atoms in total. The van der Waals surface area contributed by atoms with Crippen LogP contribution in [0.2, 0.25) is 0 Å². The third-order valence-electron chi connectivity index (χ3n) is 7.53. The molecule has 1 aliphatic carbocycles. The van der Waals surface area contributed by atoms with Crippen LogP contribution in [0.5, 0.6) is 0 Å². The second-order valence-electron chi connectivity index (χ2n) is 11.5. The second-order valence-corrected chi connectivity index (χ2v) is 11.5. The third-order valence-corrected chi connectivity index (χ3v) is 7.53. The van der Waals surface area contributed by atoms with Crippen molar-refractivity contribution in [1.82, 2.24) is 0 Å². The number of hydrogen-bond acceptors (Lipinski definition) is 4. The molecule has 0 bridgehead atoms. The number of carbonyl (C=O) groups is 2. The van der Waals surface area contributed by atoms with Gasteiger partial charge in [-0.3, -0.25) is 9.59 Å². The van der Waals surface area contributed by atoms with Crippen LogP contribution < -0.4 is 4.90 Å². The largest absolute Gasteiger partial charge is 0.461 e. The number of anilines is 1. The first-order valence-electron chi connectivity index (χ1n) is 13.9. The Morgan fingerprint density at radius 1 is 0.921 bits per heavy atom. The lowest BCUT2D eigenvalue weighted by Crippen LogP contribution is -2.21. The number of ether oxygens (including phenoxy) is 1. The van der Waals surface area contributed by atoms with Crippen LogP contribution in [-0.2, 0) is 11.2 Å². The van der Waals surface area contributed by atoms with E-state index in [1.165, 1.54) is 36.9 Å². The van der Waals surface area contributed by atoms with E-state index >= 15 is 0 Å². The van der Waals surface area contributed by atoms with Gasteiger partial charge < -0.3 is 9.64 Å². The Morgan fingerprint density at radius 3 is 2.34 bits per heavy atom. The van der Waals surface area contributed by atoms with Crippen molar-refractivity contribution >= 4 is 23.3 Å². The van der Waals surface area contributed by atoms with Crippen molar-refractivity contribution in [3.8, 4) is 0 Å². The van der Waals surface area contributed by atoms with Gasteiger partial charge in [0, 0.05) is 35.3 Å². The molecule has 4 heteroatoms. The average Bonchev–Trinajstić information content (AvgIpc) is 3.42. The summed E-state index contributed by atoms with van der Waals surface area (Å²) < 4.78 is 6.25. The van der Waals surface area contributed by atoms with Crippen LogP contribution in [0.25, 0.3) is 6.08 Å². The molecule has 38 heavy (non-hydrogen) atoms. The summed E-state index contributed by atoms with van der Waals surface area (Å²) in [7, 11) is 0. The van der Waals surface area contributed by atoms with Crippen LogP contribution in [0.4, 0.5) is 5.69 Å². The monoisotopic (exact) mass is 507 g/mol. The molecule has 2 aromatic carbocycles. The molecule has 0 amide bonds. The van der Waals surface area contributed by atoms with Gasteiger partial charge in [-0.1, -0.05) is 83.4 Å². The quantitative estimate of drug-likeness (QED) is 0.217. The van der Waals surface area contributed by atoms with E-state index in [4.69, 9.17) is 4.74 Å². The number of rotatable bonds is 7. The van der Waals surface area contributed by atoms with Crippen LogP contribution in [0.1, 0.15) is 85.2 Å². The van der Waals surface area contributed by atoms with Gasteiger partial charge in [-0.15, -0.1) is 0 Å². The van der Waals surface area contributed by atoms with Gasteiger partial charge in [-0.25, -0.2) is 0 Å². The molecule has 0 aromatic heterocycles. The van der Waals surface area contributed by atoms with Crippen molar-refractivity contribution in [1.29, 1.82) is 0 Å². The zero-order valence-corrected chi connectivity index (χ0v) is 23.0. The normalized spacial score (nSPS) is 17.1. The Labute approximate surface area is 226 Å². The topological polar surface area (TPSA) is 46.6 Å². The van der Waals surface area contributed by atoms with Crippen molar-refractivity contribution in [2.24, 2.45) is 5.41 Å². The highest BCUT2D eigenvalue weighted by molar-refractivity contribution is 6.40. The molecule has 196 valence electrons. The smallest absolute Gasteiger partial charge is 0.198 e. The van der Waals surface area contributed by atoms with Crippen molar-refractivity contribution < 1.29 is 14.3 Å². The number of nitrogens with zero attached hydrogens (tertiary/aromatic N) is 1. The van der Waals surface area contributed by atoms with E-state index in [1.54, 1.807) is 24.3 Å². The molecule has 2 aliphatic heterocycles. The average molecular weight is 508 g/mol. The molecule has 0 saturated carbocycles. The first-order valence-corrected chi connectivity index (χ1v) is 13.9. The second kappa shape index (κ2) is 10.6. The lowest BCUT2D eigenvalue weighted by molar-refractivity contribution is 0.0987. The Hall–Kier alpha value is -3.66. The molecule has 0 unspecified atom stereocenters. The molecule has 0 atom stereocenters. The van der Waals surface area contributed by atoms with E-state index < -0.39 is 0 Å². The van der Waals surface area contributed by atoms with Crippen molar-refractivity contribution in [3.63, 3.8) is 0 Å². The maximum atomic E-state index is 13.2. The van der Waals surface area contributed by atoms with Crippen molar-refractivity contribution in [2.45, 2.75) is 59.8 Å². The molecule has 0 radical (unpaired) electrons. The van der Waals surface area contributed by atoms with Gasteiger partial charge in [-0.2, -0.15) is 0 Å². The summed E-state index contributed by atoms with van der Waals surface area (Å²) in [6.45, 7) is 10.7. The standard InChI is InChI=1S/C34H37NO3/c1-5-6-7-10-18-35-19-17-24-20-23(14-16-29(24)35)13-15-26-21-25(22-30(38-26)34(2,3)4)31-32(36)27-11-8-9-12-28(27)33(31)37/h8-9,11-16,20-22H,5-7,10,17-19H2,1-4H3/b15-13+. The molecule has 0 fully saturated rings. The van der Waals surface area contributed by atoms with E-state index in [-0.39, 0.29) is 22.6 Å². The summed E-state index contributed by atoms with van der Waals surface area (Å²) in [6, 6.07) is 13.7. The maximum Gasteiger partial charge on any atom is 0.198 e. The van der Waals surface area contributed by atoms with Gasteiger partial charge >= 0.3 is 0 Å². The van der Waals surface area contributed by atoms with E-state index in [0.717, 1.165) is 30.8 Å². The lowest BCUT2D eigenvalue weighted by Gasteiger charge is -2.27. The van der Waals surface area contributed by atoms with Crippen LogP contribution in [0.15, 0.2) is 83.4 Å². The van der Waals surface area contributed by atoms with Crippen LogP contribution in [0.3, 0.4) is 0 Å². The number of unbranched alkanes of at least 4 members (excludes halogenated alkanes) is 3. The van der Waals surface area contributed by atoms with Gasteiger partial charge in [0.1, 0.15) is 11.5 Å². The number of allylic oxidation sites excluding steroid dienone is 6. The molecule has 0 saturated heterocycles. The maximum absolute atomic E-state index is 13.2. The number of ketones is 2. The number of benzene rings is 2. The highest BCUT2D eigenvalue weighted by Crippen LogP contribution is 2.37. The fourth-order valence-electron chi connectivity index (χ4n) is 5.37. The first kappa shape index (κ1) is 26.0. The minimum Gasteiger partial charge on any atom is -0.461 e. The summed E-state index contributed by atoms with van der Waals surface area (Å²) >= 11 is 0. The zero-order chi connectivity index (χ0) is 26.9. The van der Waals surface area contributed by atoms with Gasteiger partial charge in [0.15, 0.2) is 11.6 Å². The Balaban J connectivity index is 1.41. The number of carbonyl (C=O) groups excluding carboxylic acids is 2. The predicted octanol–water partition coefficient (Wildman–Crippen LogP) is 7.86. The summed E-state index contributed by atoms with van der Waals surface area (Å²) in [6.07, 6.45) is 13.8. The van der Waals surface area contributed by atoms with Gasteiger partial charge in [0.2, 0.25) is 0 Å². The van der Waals surface area contributed by atoms with Gasteiger partial charge in [0.25, 0.3) is 0 Å².